The summed E-state index contributed by atoms with van der Waals surface area (Å²) in [6.07, 6.45) is 2.77. The Morgan fingerprint density at radius 1 is 1.10 bits per heavy atom. The maximum Gasteiger partial charge on any atom is 0.241 e. The third kappa shape index (κ3) is 5.57. The van der Waals surface area contributed by atoms with Crippen molar-refractivity contribution in [3.05, 3.63) is 48.5 Å². The van der Waals surface area contributed by atoms with Gasteiger partial charge >= 0.3 is 0 Å². The third-order valence-corrected chi connectivity index (χ3v) is 5.17. The van der Waals surface area contributed by atoms with Gasteiger partial charge in [-0.3, -0.25) is 14.5 Å². The first kappa shape index (κ1) is 20.9. The number of amides is 2. The van der Waals surface area contributed by atoms with Crippen LogP contribution in [0.1, 0.15) is 26.2 Å². The molecule has 29 heavy (non-hydrogen) atoms. The molecule has 0 aliphatic carbocycles. The van der Waals surface area contributed by atoms with Crippen LogP contribution in [-0.4, -0.2) is 49.5 Å². The quantitative estimate of drug-likeness (QED) is 0.755. The van der Waals surface area contributed by atoms with E-state index in [0.29, 0.717) is 6.54 Å². The fraction of sp³-hybridized carbons (Fsp3) is 0.391. The van der Waals surface area contributed by atoms with Crippen LogP contribution in [-0.2, 0) is 9.59 Å². The lowest BCUT2D eigenvalue weighted by molar-refractivity contribution is -0.127. The van der Waals surface area contributed by atoms with Gasteiger partial charge in [-0.05, 0) is 61.7 Å². The van der Waals surface area contributed by atoms with Crippen LogP contribution in [0.4, 0.5) is 5.69 Å². The van der Waals surface area contributed by atoms with Crippen LogP contribution in [0.3, 0.4) is 0 Å². The van der Waals surface area contributed by atoms with Crippen LogP contribution >= 0.6 is 0 Å². The van der Waals surface area contributed by atoms with E-state index >= 15 is 0 Å². The summed E-state index contributed by atoms with van der Waals surface area (Å²) in [5.74, 6) is 0.698. The fourth-order valence-electron chi connectivity index (χ4n) is 3.72. The van der Waals surface area contributed by atoms with E-state index < -0.39 is 0 Å². The summed E-state index contributed by atoms with van der Waals surface area (Å²) >= 11 is 0. The van der Waals surface area contributed by atoms with Crippen molar-refractivity contribution in [3.8, 4) is 16.9 Å². The molecular weight excluding hydrogens is 366 g/mol. The number of carbonyl (C=O) groups is 2. The van der Waals surface area contributed by atoms with Gasteiger partial charge in [-0.25, -0.2) is 0 Å². The van der Waals surface area contributed by atoms with Gasteiger partial charge in [0.1, 0.15) is 5.75 Å². The number of benzene rings is 2. The Balaban J connectivity index is 1.71. The molecule has 1 aliphatic rings. The number of piperidine rings is 1. The Morgan fingerprint density at radius 2 is 1.86 bits per heavy atom. The molecule has 154 valence electrons. The average Bonchev–Trinajstić information content (AvgIpc) is 2.74. The van der Waals surface area contributed by atoms with Gasteiger partial charge in [0.2, 0.25) is 11.8 Å². The molecule has 2 amide bonds. The number of likely N-dealkylation sites (N-methyl/N-ethyl adjacent to an activating group) is 1. The van der Waals surface area contributed by atoms with E-state index in [0.717, 1.165) is 48.4 Å². The van der Waals surface area contributed by atoms with Crippen molar-refractivity contribution in [1.29, 1.82) is 0 Å². The predicted octanol–water partition coefficient (Wildman–Crippen LogP) is 3.29. The van der Waals surface area contributed by atoms with Crippen LogP contribution in [0.2, 0.25) is 0 Å². The molecule has 2 aromatic carbocycles. The lowest BCUT2D eigenvalue weighted by Gasteiger charge is -2.34. The Morgan fingerprint density at radius 3 is 2.62 bits per heavy atom. The monoisotopic (exact) mass is 395 g/mol. The molecule has 6 heteroatoms. The number of methoxy groups -OCH3 is 1. The summed E-state index contributed by atoms with van der Waals surface area (Å²) in [6.45, 7) is 3.52. The van der Waals surface area contributed by atoms with Gasteiger partial charge in [-0.2, -0.15) is 0 Å². The Bertz CT molecular complexity index is 853. The molecule has 2 N–H and O–H groups in total. The van der Waals surface area contributed by atoms with Crippen molar-refractivity contribution in [2.45, 2.75) is 32.2 Å². The number of hydrogen-bond donors (Lipinski definition) is 2. The predicted molar refractivity (Wildman–Crippen MR) is 115 cm³/mol. The zero-order valence-corrected chi connectivity index (χ0v) is 17.1. The van der Waals surface area contributed by atoms with E-state index in [1.807, 2.05) is 60.4 Å². The minimum Gasteiger partial charge on any atom is -0.497 e. The van der Waals surface area contributed by atoms with Crippen LogP contribution < -0.4 is 15.4 Å². The van der Waals surface area contributed by atoms with E-state index in [4.69, 9.17) is 4.74 Å². The molecule has 1 aliphatic heterocycles. The largest absolute Gasteiger partial charge is 0.497 e. The summed E-state index contributed by atoms with van der Waals surface area (Å²) in [5, 5.41) is 5.86. The lowest BCUT2D eigenvalue weighted by Crippen LogP contribution is -2.50. The standard InChI is InChI=1S/C23H29N3O3/c1-3-24-22(27)16-26-13-5-4-12-21(26)23(28)25-19-10-6-8-17(14-19)18-9-7-11-20(15-18)29-2/h6-11,14-15,21H,3-5,12-13,16H2,1-2H3,(H,24,27)(H,25,28)/t21-/m1/s1. The van der Waals surface area contributed by atoms with Gasteiger partial charge in [0.15, 0.2) is 0 Å². The molecule has 0 saturated carbocycles. The highest BCUT2D eigenvalue weighted by Gasteiger charge is 2.29. The molecule has 0 bridgehead atoms. The van der Waals surface area contributed by atoms with E-state index in [2.05, 4.69) is 10.6 Å². The van der Waals surface area contributed by atoms with Crippen LogP contribution in [0.15, 0.2) is 48.5 Å². The van der Waals surface area contributed by atoms with Gasteiger partial charge in [0, 0.05) is 12.2 Å². The number of ether oxygens (including phenoxy) is 1. The van der Waals surface area contributed by atoms with Crippen molar-refractivity contribution in [1.82, 2.24) is 10.2 Å². The molecule has 1 atom stereocenters. The molecule has 0 radical (unpaired) electrons. The van der Waals surface area contributed by atoms with Crippen molar-refractivity contribution in [2.75, 3.05) is 32.1 Å². The number of nitrogens with one attached hydrogen (secondary N) is 2. The number of hydrogen-bond acceptors (Lipinski definition) is 4. The summed E-state index contributed by atoms with van der Waals surface area (Å²) in [5.41, 5.74) is 2.78. The second kappa shape index (κ2) is 10.1. The average molecular weight is 396 g/mol. The molecule has 0 aromatic heterocycles. The van der Waals surface area contributed by atoms with Crippen LogP contribution in [0, 0.1) is 0 Å². The van der Waals surface area contributed by atoms with E-state index in [9.17, 15) is 9.59 Å². The van der Waals surface area contributed by atoms with Gasteiger partial charge < -0.3 is 15.4 Å². The van der Waals surface area contributed by atoms with E-state index in [-0.39, 0.29) is 24.4 Å². The minimum absolute atomic E-state index is 0.0350. The van der Waals surface area contributed by atoms with Crippen molar-refractivity contribution in [2.24, 2.45) is 0 Å². The number of nitrogens with zero attached hydrogens (tertiary/aromatic N) is 1. The third-order valence-electron chi connectivity index (χ3n) is 5.17. The topological polar surface area (TPSA) is 70.7 Å². The smallest absolute Gasteiger partial charge is 0.241 e. The van der Waals surface area contributed by atoms with Gasteiger partial charge in [-0.1, -0.05) is 30.7 Å². The zero-order chi connectivity index (χ0) is 20.6. The SMILES string of the molecule is CCNC(=O)CN1CCCC[C@@H]1C(=O)Nc1cccc(-c2cccc(OC)c2)c1. The maximum atomic E-state index is 13.0. The number of likely N-dealkylation sites (tertiary alicyclic amines) is 1. The van der Waals surface area contributed by atoms with Gasteiger partial charge in [0.05, 0.1) is 19.7 Å². The Kier molecular flexibility index (Phi) is 7.25. The first-order valence-electron chi connectivity index (χ1n) is 10.2. The van der Waals surface area contributed by atoms with Crippen LogP contribution in [0.25, 0.3) is 11.1 Å². The summed E-state index contributed by atoms with van der Waals surface area (Å²) < 4.78 is 5.30. The zero-order valence-electron chi connectivity index (χ0n) is 17.1. The highest BCUT2D eigenvalue weighted by Crippen LogP contribution is 2.26. The molecule has 1 saturated heterocycles. The normalized spacial score (nSPS) is 16.8. The molecule has 0 spiro atoms. The van der Waals surface area contributed by atoms with E-state index in [1.54, 1.807) is 7.11 Å². The molecule has 3 rings (SSSR count). The molecule has 1 heterocycles. The Labute approximate surface area is 172 Å². The van der Waals surface area contributed by atoms with E-state index in [1.165, 1.54) is 0 Å². The van der Waals surface area contributed by atoms with Gasteiger partial charge in [0.25, 0.3) is 0 Å². The van der Waals surface area contributed by atoms with Crippen molar-refractivity contribution in [3.63, 3.8) is 0 Å². The fourth-order valence-corrected chi connectivity index (χ4v) is 3.72. The number of carbonyl (C=O) groups excluding carboxylic acids is 2. The molecular formula is C23H29N3O3. The maximum absolute atomic E-state index is 13.0. The molecule has 6 nitrogen and oxygen atoms in total. The summed E-state index contributed by atoms with van der Waals surface area (Å²) in [7, 11) is 1.65. The number of rotatable bonds is 7. The van der Waals surface area contributed by atoms with Gasteiger partial charge in [-0.15, -0.1) is 0 Å². The molecule has 0 unspecified atom stereocenters. The highest BCUT2D eigenvalue weighted by atomic mass is 16.5. The second-order valence-electron chi connectivity index (χ2n) is 7.24. The molecule has 2 aromatic rings. The second-order valence-corrected chi connectivity index (χ2v) is 7.24. The first-order chi connectivity index (χ1) is 14.1. The summed E-state index contributed by atoms with van der Waals surface area (Å²) in [6, 6.07) is 15.3. The number of anilines is 1. The minimum atomic E-state index is -0.285. The van der Waals surface area contributed by atoms with Crippen molar-refractivity contribution < 1.29 is 14.3 Å². The van der Waals surface area contributed by atoms with Crippen LogP contribution in [0.5, 0.6) is 5.75 Å². The summed E-state index contributed by atoms with van der Waals surface area (Å²) in [4.78, 5) is 26.9. The van der Waals surface area contributed by atoms with Crippen molar-refractivity contribution >= 4 is 17.5 Å². The Hall–Kier alpha value is -2.86. The molecule has 1 fully saturated rings. The highest BCUT2D eigenvalue weighted by molar-refractivity contribution is 5.95. The first-order valence-corrected chi connectivity index (χ1v) is 10.2. The lowest BCUT2D eigenvalue weighted by atomic mass is 10.0.